The number of carboxylic acid groups (broad SMARTS) is 1. The number of carboxylic acids is 1. The van der Waals surface area contributed by atoms with E-state index in [4.69, 9.17) is 14.7 Å². The molecule has 0 radical (unpaired) electrons. The monoisotopic (exact) mass is 591 g/mol. The lowest BCUT2D eigenvalue weighted by atomic mass is 9.93. The van der Waals surface area contributed by atoms with Crippen LogP contribution >= 0.6 is 0 Å². The number of piperazine rings is 1. The van der Waals surface area contributed by atoms with Gasteiger partial charge in [-0.3, -0.25) is 9.69 Å². The minimum atomic E-state index is -1.07. The number of hydrogen-bond donors (Lipinski definition) is 1. The summed E-state index contributed by atoms with van der Waals surface area (Å²) in [5, 5.41) is 12.5. The van der Waals surface area contributed by atoms with Crippen molar-refractivity contribution in [2.45, 2.75) is 19.9 Å². The fourth-order valence-corrected chi connectivity index (χ4v) is 5.49. The summed E-state index contributed by atoms with van der Waals surface area (Å²) >= 11 is 0. The predicted molar refractivity (Wildman–Crippen MR) is 171 cm³/mol. The quantitative estimate of drug-likeness (QED) is 0.175. The molecule has 4 aromatic carbocycles. The molecule has 44 heavy (non-hydrogen) atoms. The number of ether oxygens (including phenoxy) is 1. The molecule has 8 heteroatoms. The van der Waals surface area contributed by atoms with E-state index in [9.17, 15) is 9.59 Å². The fourth-order valence-electron chi connectivity index (χ4n) is 5.49. The van der Waals surface area contributed by atoms with Gasteiger partial charge in [-0.1, -0.05) is 96.2 Å². The summed E-state index contributed by atoms with van der Waals surface area (Å²) in [6, 6.07) is 34.6. The number of carbonyl (C=O) groups excluding carboxylic acids is 1. The lowest BCUT2D eigenvalue weighted by Gasteiger charge is -2.40. The summed E-state index contributed by atoms with van der Waals surface area (Å²) < 4.78 is 5.95. The maximum absolute atomic E-state index is 13.1. The molecule has 0 spiro atoms. The van der Waals surface area contributed by atoms with Gasteiger partial charge < -0.3 is 19.6 Å². The maximum atomic E-state index is 13.1. The molecule has 5 rings (SSSR count). The van der Waals surface area contributed by atoms with Gasteiger partial charge in [0.1, 0.15) is 5.75 Å². The second-order valence-electron chi connectivity index (χ2n) is 10.8. The van der Waals surface area contributed by atoms with Crippen LogP contribution in [0.1, 0.15) is 35.2 Å². The van der Waals surface area contributed by atoms with Crippen molar-refractivity contribution in [1.82, 2.24) is 9.80 Å². The Hall–Kier alpha value is -4.95. The second-order valence-corrected chi connectivity index (χ2v) is 10.8. The average Bonchev–Trinajstić information content (AvgIpc) is 3.05. The van der Waals surface area contributed by atoms with Crippen molar-refractivity contribution in [3.05, 3.63) is 125 Å². The van der Waals surface area contributed by atoms with Crippen molar-refractivity contribution in [2.24, 2.45) is 5.16 Å². The Balaban J connectivity index is 1.17. The number of amides is 1. The number of hydrogen-bond acceptors (Lipinski definition) is 6. The maximum Gasteiger partial charge on any atom is 0.344 e. The number of benzene rings is 4. The van der Waals surface area contributed by atoms with Crippen LogP contribution in [0, 0.1) is 6.92 Å². The van der Waals surface area contributed by atoms with Gasteiger partial charge in [0.25, 0.3) is 5.91 Å². The van der Waals surface area contributed by atoms with Crippen LogP contribution < -0.4 is 4.74 Å². The standard InChI is InChI=1S/C36H37N3O5/c1-26-9-6-7-14-33(26)36(30-10-4-3-5-11-30)39-21-19-38(20-22-39)34(40)24-43-32-13-8-12-31(23-32)29-17-15-28(16-18-29)27(2)37-44-25-35(41)42/h3-18,23,36H,19-22,24-25H2,1-2H3,(H,41,42). The molecule has 1 saturated heterocycles. The van der Waals surface area contributed by atoms with E-state index in [1.807, 2.05) is 59.5 Å². The third-order valence-corrected chi connectivity index (χ3v) is 7.85. The smallest absolute Gasteiger partial charge is 0.344 e. The van der Waals surface area contributed by atoms with Crippen LogP contribution in [0.5, 0.6) is 5.75 Å². The summed E-state index contributed by atoms with van der Waals surface area (Å²) in [4.78, 5) is 32.9. The van der Waals surface area contributed by atoms with Crippen LogP contribution in [0.3, 0.4) is 0 Å². The zero-order valence-electron chi connectivity index (χ0n) is 25.1. The minimum Gasteiger partial charge on any atom is -0.484 e. The second kappa shape index (κ2) is 14.5. The zero-order valence-corrected chi connectivity index (χ0v) is 25.1. The molecule has 1 aliphatic heterocycles. The van der Waals surface area contributed by atoms with E-state index in [2.05, 4.69) is 65.5 Å². The van der Waals surface area contributed by atoms with Gasteiger partial charge in [-0.25, -0.2) is 4.79 Å². The summed E-state index contributed by atoms with van der Waals surface area (Å²) in [6.07, 6.45) is 0. The van der Waals surface area contributed by atoms with Crippen LogP contribution in [0.2, 0.25) is 0 Å². The van der Waals surface area contributed by atoms with Gasteiger partial charge in [-0.15, -0.1) is 0 Å². The SMILES string of the molecule is CC(=NOCC(=O)O)c1ccc(-c2cccc(OCC(=O)N3CCN(C(c4ccccc4)c4ccccc4C)CC3)c2)cc1. The summed E-state index contributed by atoms with van der Waals surface area (Å²) in [5.74, 6) is -0.470. The first-order chi connectivity index (χ1) is 21.4. The Labute approximate surface area is 258 Å². The third kappa shape index (κ3) is 7.71. The molecular weight excluding hydrogens is 554 g/mol. The largest absolute Gasteiger partial charge is 0.484 e. The van der Waals surface area contributed by atoms with Crippen LogP contribution in [-0.2, 0) is 14.4 Å². The van der Waals surface area contributed by atoms with Gasteiger partial charge in [0.05, 0.1) is 11.8 Å². The van der Waals surface area contributed by atoms with E-state index in [1.54, 1.807) is 6.92 Å². The Morgan fingerprint density at radius 2 is 1.52 bits per heavy atom. The van der Waals surface area contributed by atoms with Gasteiger partial charge in [-0.2, -0.15) is 0 Å². The number of oxime groups is 1. The van der Waals surface area contributed by atoms with Crippen LogP contribution in [0.15, 0.2) is 108 Å². The Morgan fingerprint density at radius 3 is 2.23 bits per heavy atom. The fraction of sp³-hybridized carbons (Fsp3) is 0.250. The number of carbonyl (C=O) groups is 2. The van der Waals surface area contributed by atoms with Crippen molar-refractivity contribution in [2.75, 3.05) is 39.4 Å². The highest BCUT2D eigenvalue weighted by Crippen LogP contribution is 2.31. The molecule has 0 aliphatic carbocycles. The van der Waals surface area contributed by atoms with Gasteiger partial charge in [0.2, 0.25) is 6.61 Å². The van der Waals surface area contributed by atoms with E-state index in [0.717, 1.165) is 29.8 Å². The first-order valence-electron chi connectivity index (χ1n) is 14.7. The van der Waals surface area contributed by atoms with Crippen LogP contribution in [-0.4, -0.2) is 71.9 Å². The molecule has 1 fully saturated rings. The Kier molecular flexibility index (Phi) is 10.0. The molecule has 4 aromatic rings. The normalized spacial score (nSPS) is 14.6. The van der Waals surface area contributed by atoms with Crippen LogP contribution in [0.25, 0.3) is 11.1 Å². The highest BCUT2D eigenvalue weighted by atomic mass is 16.6. The summed E-state index contributed by atoms with van der Waals surface area (Å²) in [6.45, 7) is 6.26. The van der Waals surface area contributed by atoms with Crippen molar-refractivity contribution in [1.29, 1.82) is 0 Å². The molecule has 1 heterocycles. The lowest BCUT2D eigenvalue weighted by molar-refractivity contribution is -0.142. The van der Waals surface area contributed by atoms with Crippen molar-refractivity contribution in [3.63, 3.8) is 0 Å². The molecular formula is C36H37N3O5. The minimum absolute atomic E-state index is 0.0195. The predicted octanol–water partition coefficient (Wildman–Crippen LogP) is 5.80. The van der Waals surface area contributed by atoms with Crippen LogP contribution in [0.4, 0.5) is 0 Å². The molecule has 1 aliphatic rings. The van der Waals surface area contributed by atoms with E-state index >= 15 is 0 Å². The first kappa shape index (κ1) is 30.5. The van der Waals surface area contributed by atoms with Crippen molar-refractivity contribution in [3.8, 4) is 16.9 Å². The zero-order chi connectivity index (χ0) is 30.9. The van der Waals surface area contributed by atoms with Gasteiger partial charge in [-0.05, 0) is 59.4 Å². The average molecular weight is 592 g/mol. The summed E-state index contributed by atoms with van der Waals surface area (Å²) in [7, 11) is 0. The van der Waals surface area contributed by atoms with Gasteiger partial charge in [0.15, 0.2) is 6.61 Å². The van der Waals surface area contributed by atoms with E-state index in [-0.39, 0.29) is 18.6 Å². The highest BCUT2D eigenvalue weighted by Gasteiger charge is 2.29. The highest BCUT2D eigenvalue weighted by molar-refractivity contribution is 5.98. The molecule has 8 nitrogen and oxygen atoms in total. The van der Waals surface area contributed by atoms with E-state index in [1.165, 1.54) is 16.7 Å². The van der Waals surface area contributed by atoms with Gasteiger partial charge in [0, 0.05) is 26.2 Å². The molecule has 1 amide bonds. The molecule has 1 unspecified atom stereocenters. The summed E-state index contributed by atoms with van der Waals surface area (Å²) in [5.41, 5.74) is 7.15. The Morgan fingerprint density at radius 1 is 0.818 bits per heavy atom. The van der Waals surface area contributed by atoms with E-state index in [0.29, 0.717) is 24.6 Å². The van der Waals surface area contributed by atoms with Crippen molar-refractivity contribution < 1.29 is 24.3 Å². The van der Waals surface area contributed by atoms with Crippen molar-refractivity contribution >= 4 is 17.6 Å². The number of aliphatic carboxylic acids is 1. The molecule has 1 N–H and O–H groups in total. The van der Waals surface area contributed by atoms with Gasteiger partial charge >= 0.3 is 5.97 Å². The number of aryl methyl sites for hydroxylation is 1. The molecule has 0 aromatic heterocycles. The topological polar surface area (TPSA) is 91.7 Å². The number of rotatable bonds is 11. The molecule has 0 bridgehead atoms. The molecule has 226 valence electrons. The first-order valence-corrected chi connectivity index (χ1v) is 14.7. The number of nitrogens with zero attached hydrogens (tertiary/aromatic N) is 3. The molecule has 1 atom stereocenters. The van der Waals surface area contributed by atoms with E-state index < -0.39 is 12.6 Å². The third-order valence-electron chi connectivity index (χ3n) is 7.85. The Bertz CT molecular complexity index is 1600. The lowest BCUT2D eigenvalue weighted by Crippen LogP contribution is -2.51. The molecule has 0 saturated carbocycles.